The molecule has 0 spiro atoms. The first-order chi connectivity index (χ1) is 13.9. The maximum Gasteiger partial charge on any atom is 0.273 e. The fourth-order valence-electron chi connectivity index (χ4n) is 3.17. The topological polar surface area (TPSA) is 48.8 Å². The van der Waals surface area contributed by atoms with Crippen molar-refractivity contribution in [3.05, 3.63) is 57.6 Å². The maximum absolute atomic E-state index is 13.4. The monoisotopic (exact) mass is 426 g/mol. The second kappa shape index (κ2) is 9.41. The number of amides is 1. The molecular formula is C22H26N4OS2. The van der Waals surface area contributed by atoms with Crippen LogP contribution in [-0.2, 0) is 0 Å². The summed E-state index contributed by atoms with van der Waals surface area (Å²) in [5.41, 5.74) is 2.95. The van der Waals surface area contributed by atoms with Crippen LogP contribution in [0.4, 0.5) is 5.69 Å². The highest BCUT2D eigenvalue weighted by molar-refractivity contribution is 8.02. The number of rotatable bonds is 5. The van der Waals surface area contributed by atoms with E-state index in [-0.39, 0.29) is 5.91 Å². The molecular weight excluding hydrogens is 400 g/mol. The number of aromatic nitrogens is 1. The Morgan fingerprint density at radius 1 is 1.31 bits per heavy atom. The Hall–Kier alpha value is -2.38. The second-order valence-corrected chi connectivity index (χ2v) is 8.84. The lowest BCUT2D eigenvalue weighted by atomic mass is 10.1. The number of thioether (sulfide) groups is 1. The zero-order valence-corrected chi connectivity index (χ0v) is 19.1. The van der Waals surface area contributed by atoms with Gasteiger partial charge in [-0.2, -0.15) is 0 Å². The number of thiophene rings is 1. The minimum absolute atomic E-state index is 0.0733. The lowest BCUT2D eigenvalue weighted by Gasteiger charge is -2.20. The van der Waals surface area contributed by atoms with Gasteiger partial charge in [0.2, 0.25) is 0 Å². The zero-order valence-electron chi connectivity index (χ0n) is 17.5. The van der Waals surface area contributed by atoms with Crippen LogP contribution in [0.1, 0.15) is 28.2 Å². The third-order valence-electron chi connectivity index (χ3n) is 4.59. The smallest absolute Gasteiger partial charge is 0.273 e. The van der Waals surface area contributed by atoms with E-state index in [0.29, 0.717) is 4.88 Å². The number of pyridine rings is 1. The molecule has 2 aromatic heterocycles. The third-order valence-corrected chi connectivity index (χ3v) is 6.35. The van der Waals surface area contributed by atoms with Crippen molar-refractivity contribution in [2.45, 2.75) is 19.8 Å². The fourth-order valence-corrected chi connectivity index (χ4v) is 4.64. The van der Waals surface area contributed by atoms with Gasteiger partial charge >= 0.3 is 0 Å². The Balaban J connectivity index is 2.03. The molecule has 0 aromatic carbocycles. The molecule has 0 saturated carbocycles. The van der Waals surface area contributed by atoms with Crippen LogP contribution in [0, 0.1) is 6.92 Å². The fraction of sp³-hybridized carbons (Fsp3) is 0.318. The van der Waals surface area contributed by atoms with Crippen LogP contribution < -0.4 is 4.90 Å². The molecule has 1 aliphatic rings. The highest BCUT2D eigenvalue weighted by atomic mass is 32.2. The number of anilines is 1. The Kier molecular flexibility index (Phi) is 6.92. The largest absolute Gasteiger partial charge is 0.377 e. The van der Waals surface area contributed by atoms with Crippen molar-refractivity contribution < 1.29 is 4.79 Å². The zero-order chi connectivity index (χ0) is 21.0. The highest BCUT2D eigenvalue weighted by Gasteiger charge is 2.22. The molecule has 3 rings (SSSR count). The van der Waals surface area contributed by atoms with Crippen LogP contribution in [0.25, 0.3) is 10.2 Å². The molecule has 0 unspecified atom stereocenters. The lowest BCUT2D eigenvalue weighted by Crippen LogP contribution is -2.28. The van der Waals surface area contributed by atoms with Crippen molar-refractivity contribution in [2.24, 2.45) is 4.99 Å². The van der Waals surface area contributed by atoms with E-state index in [1.165, 1.54) is 16.2 Å². The van der Waals surface area contributed by atoms with E-state index in [1.807, 2.05) is 39.2 Å². The molecule has 1 amide bonds. The minimum atomic E-state index is -0.0733. The highest BCUT2D eigenvalue weighted by Crippen LogP contribution is 2.33. The molecule has 5 nitrogen and oxygen atoms in total. The number of carbonyl (C=O) groups is 1. The van der Waals surface area contributed by atoms with E-state index >= 15 is 0 Å². The van der Waals surface area contributed by atoms with Crippen molar-refractivity contribution in [1.82, 2.24) is 9.88 Å². The van der Waals surface area contributed by atoms with Crippen molar-refractivity contribution in [3.8, 4) is 0 Å². The van der Waals surface area contributed by atoms with Gasteiger partial charge in [-0.3, -0.25) is 14.7 Å². The summed E-state index contributed by atoms with van der Waals surface area (Å²) < 4.78 is 0. The van der Waals surface area contributed by atoms with Gasteiger partial charge in [0.1, 0.15) is 4.83 Å². The van der Waals surface area contributed by atoms with Gasteiger partial charge in [0, 0.05) is 48.5 Å². The Bertz CT molecular complexity index is 1030. The first-order valence-corrected chi connectivity index (χ1v) is 11.4. The molecule has 0 bridgehead atoms. The summed E-state index contributed by atoms with van der Waals surface area (Å²) in [7, 11) is 5.70. The normalized spacial score (nSPS) is 19.2. The molecule has 0 radical (unpaired) electrons. The molecule has 1 aliphatic carbocycles. The summed E-state index contributed by atoms with van der Waals surface area (Å²) in [5, 5.41) is 1.00. The minimum Gasteiger partial charge on any atom is -0.377 e. The Morgan fingerprint density at radius 3 is 2.79 bits per heavy atom. The molecule has 29 heavy (non-hydrogen) atoms. The number of allylic oxidation sites excluding steroid dienone is 5. The van der Waals surface area contributed by atoms with E-state index in [4.69, 9.17) is 0 Å². The van der Waals surface area contributed by atoms with Gasteiger partial charge in [0.05, 0.1) is 11.2 Å². The summed E-state index contributed by atoms with van der Waals surface area (Å²) >= 11 is 3.12. The first-order valence-electron chi connectivity index (χ1n) is 9.40. The number of hydrogen-bond donors (Lipinski definition) is 0. The number of hydrogen-bond acceptors (Lipinski definition) is 6. The van der Waals surface area contributed by atoms with Gasteiger partial charge in [0.15, 0.2) is 0 Å². The summed E-state index contributed by atoms with van der Waals surface area (Å²) in [5.74, 6) is -0.0733. The molecule has 0 fully saturated rings. The Morgan fingerprint density at radius 2 is 2.10 bits per heavy atom. The van der Waals surface area contributed by atoms with Crippen molar-refractivity contribution in [2.75, 3.05) is 32.3 Å². The van der Waals surface area contributed by atoms with Crippen LogP contribution in [0.5, 0.6) is 0 Å². The number of fused-ring (bicyclic) bond motifs is 1. The molecule has 0 N–H and O–H groups in total. The summed E-state index contributed by atoms with van der Waals surface area (Å²) in [4.78, 5) is 28.6. The van der Waals surface area contributed by atoms with Gasteiger partial charge in [-0.05, 0) is 50.3 Å². The summed E-state index contributed by atoms with van der Waals surface area (Å²) in [6, 6.07) is 4.00. The lowest BCUT2D eigenvalue weighted by molar-refractivity contribution is 0.0883. The maximum atomic E-state index is 13.4. The number of aliphatic imine (C=N–C) groups is 1. The second-order valence-electron chi connectivity index (χ2n) is 6.93. The molecule has 0 saturated heterocycles. The van der Waals surface area contributed by atoms with Crippen LogP contribution in [-0.4, -0.2) is 49.5 Å². The van der Waals surface area contributed by atoms with E-state index in [2.05, 4.69) is 39.4 Å². The number of nitrogens with zero attached hydrogens (tertiary/aromatic N) is 4. The standard InChI is InChI=1S/C22H26N4OS2/c1-15-12-19(25(3)4)18-13-20(29-21(18)24-15)22(27)26(14-23-2)16-8-6-7-9-17(28-5)11-10-16/h7,9-14H,6,8H2,1-5H3/b9-7-,16-10+,17-11+,23-14?. The van der Waals surface area contributed by atoms with Crippen molar-refractivity contribution in [3.63, 3.8) is 0 Å². The molecule has 2 aromatic rings. The summed E-state index contributed by atoms with van der Waals surface area (Å²) in [6.07, 6.45) is 13.7. The molecule has 152 valence electrons. The van der Waals surface area contributed by atoms with E-state index in [1.54, 1.807) is 30.0 Å². The number of carbonyl (C=O) groups excluding carboxylic acids is 1. The van der Waals surface area contributed by atoms with Gasteiger partial charge in [0.25, 0.3) is 5.91 Å². The quantitative estimate of drug-likeness (QED) is 0.484. The van der Waals surface area contributed by atoms with E-state index < -0.39 is 0 Å². The average molecular weight is 427 g/mol. The van der Waals surface area contributed by atoms with Crippen molar-refractivity contribution in [1.29, 1.82) is 0 Å². The van der Waals surface area contributed by atoms with Gasteiger partial charge in [-0.1, -0.05) is 12.2 Å². The molecule has 0 aliphatic heterocycles. The molecule has 0 atom stereocenters. The van der Waals surface area contributed by atoms with Crippen LogP contribution in [0.2, 0.25) is 0 Å². The molecule has 7 heteroatoms. The first kappa shape index (κ1) is 21.3. The SMILES string of the molecule is CN=CN(C(=O)c1cc2c(N(C)C)cc(C)nc2s1)/C1=C/C=C(SC)\C=C/CC1. The van der Waals surface area contributed by atoms with E-state index in [9.17, 15) is 4.79 Å². The third kappa shape index (κ3) is 4.79. The van der Waals surface area contributed by atoms with Gasteiger partial charge in [-0.15, -0.1) is 23.1 Å². The van der Waals surface area contributed by atoms with Gasteiger partial charge in [-0.25, -0.2) is 4.98 Å². The van der Waals surface area contributed by atoms with Crippen LogP contribution >= 0.6 is 23.1 Å². The summed E-state index contributed by atoms with van der Waals surface area (Å²) in [6.45, 7) is 1.98. The van der Waals surface area contributed by atoms with E-state index in [0.717, 1.165) is 40.1 Å². The predicted octanol–water partition coefficient (Wildman–Crippen LogP) is 5.25. The number of aryl methyl sites for hydroxylation is 1. The average Bonchev–Trinajstić information content (AvgIpc) is 3.09. The van der Waals surface area contributed by atoms with Crippen molar-refractivity contribution >= 4 is 51.2 Å². The van der Waals surface area contributed by atoms with Gasteiger partial charge < -0.3 is 4.90 Å². The van der Waals surface area contributed by atoms with Crippen LogP contribution in [0.3, 0.4) is 0 Å². The Labute approximate surface area is 180 Å². The molecule has 2 heterocycles. The predicted molar refractivity (Wildman–Crippen MR) is 127 cm³/mol. The van der Waals surface area contributed by atoms with Crippen LogP contribution in [0.15, 0.2) is 52.0 Å².